The van der Waals surface area contributed by atoms with Gasteiger partial charge in [-0.1, -0.05) is 60.7 Å². The maximum atomic E-state index is 10.5. The fourth-order valence-electron chi connectivity index (χ4n) is 3.64. The van der Waals surface area contributed by atoms with Gasteiger partial charge in [-0.05, 0) is 6.42 Å². The first-order chi connectivity index (χ1) is 15.2. The first-order valence-electron chi connectivity index (χ1n) is 10.3. The monoisotopic (exact) mass is 419 g/mol. The van der Waals surface area contributed by atoms with Crippen LogP contribution in [-0.4, -0.2) is 60.1 Å². The van der Waals surface area contributed by atoms with Crippen LogP contribution in [0.1, 0.15) is 6.42 Å². The summed E-state index contributed by atoms with van der Waals surface area (Å²) in [5.74, 6) is -0.148. The molecule has 0 amide bonds. The van der Waals surface area contributed by atoms with Crippen LogP contribution in [0.5, 0.6) is 0 Å². The summed E-state index contributed by atoms with van der Waals surface area (Å²) in [7, 11) is 0. The summed E-state index contributed by atoms with van der Waals surface area (Å²) in [5, 5.41) is 8.60. The predicted octanol–water partition coefficient (Wildman–Crippen LogP) is 3.51. The van der Waals surface area contributed by atoms with E-state index in [2.05, 4.69) is 4.90 Å². The van der Waals surface area contributed by atoms with Gasteiger partial charge in [0.25, 0.3) is 0 Å². The van der Waals surface area contributed by atoms with Crippen LogP contribution in [0.3, 0.4) is 0 Å². The van der Waals surface area contributed by atoms with Crippen LogP contribution >= 0.6 is 0 Å². The molecular weight excluding hydrogens is 394 g/mol. The Balaban J connectivity index is 1.48. The van der Waals surface area contributed by atoms with Gasteiger partial charge in [-0.25, -0.2) is 9.78 Å². The molecule has 3 aromatic rings. The minimum absolute atomic E-state index is 0.0594. The third kappa shape index (κ3) is 5.45. The van der Waals surface area contributed by atoms with E-state index in [1.165, 1.54) is 0 Å². The molecule has 0 bridgehead atoms. The molecule has 160 valence electrons. The van der Waals surface area contributed by atoms with Crippen molar-refractivity contribution in [2.45, 2.75) is 12.5 Å². The van der Waals surface area contributed by atoms with Gasteiger partial charge < -0.3 is 19.5 Å². The third-order valence-corrected chi connectivity index (χ3v) is 5.13. The largest absolute Gasteiger partial charge is 0.480 e. The molecule has 1 fully saturated rings. The molecule has 2 heterocycles. The number of ether oxygens (including phenoxy) is 2. The van der Waals surface area contributed by atoms with E-state index < -0.39 is 5.97 Å². The van der Waals surface area contributed by atoms with Crippen molar-refractivity contribution in [3.8, 4) is 22.5 Å². The van der Waals surface area contributed by atoms with Crippen molar-refractivity contribution < 1.29 is 19.4 Å². The van der Waals surface area contributed by atoms with E-state index in [0.717, 1.165) is 41.3 Å². The molecule has 1 aliphatic heterocycles. The van der Waals surface area contributed by atoms with E-state index in [-0.39, 0.29) is 19.3 Å². The van der Waals surface area contributed by atoms with Crippen molar-refractivity contribution in [2.24, 2.45) is 0 Å². The van der Waals surface area contributed by atoms with Gasteiger partial charge >= 0.3 is 5.97 Å². The molecule has 0 spiro atoms. The minimum Gasteiger partial charge on any atom is -0.480 e. The van der Waals surface area contributed by atoms with Gasteiger partial charge in [0, 0.05) is 24.2 Å². The molecule has 2 aromatic carbocycles. The zero-order chi connectivity index (χ0) is 21.5. The maximum absolute atomic E-state index is 10.5. The zero-order valence-electron chi connectivity index (χ0n) is 17.2. The molecule has 1 saturated heterocycles. The van der Waals surface area contributed by atoms with Crippen LogP contribution in [0, 0.1) is 0 Å². The number of rotatable bonds is 9. The molecule has 31 heavy (non-hydrogen) atoms. The summed E-state index contributed by atoms with van der Waals surface area (Å²) in [5.41, 5.74) is 3.77. The fraction of sp³-hybridized carbons (Fsp3) is 0.292. The van der Waals surface area contributed by atoms with Crippen LogP contribution in [0.2, 0.25) is 0 Å². The minimum atomic E-state index is -0.973. The lowest BCUT2D eigenvalue weighted by molar-refractivity contribution is -0.142. The average molecular weight is 419 g/mol. The van der Waals surface area contributed by atoms with Crippen LogP contribution in [0.25, 0.3) is 22.5 Å². The van der Waals surface area contributed by atoms with Gasteiger partial charge in [0.2, 0.25) is 0 Å². The quantitative estimate of drug-likeness (QED) is 0.531. The number of carboxylic acids is 1. The highest BCUT2D eigenvalue weighted by atomic mass is 16.5. The van der Waals surface area contributed by atoms with Crippen LogP contribution < -0.4 is 4.90 Å². The number of hydrogen-bond donors (Lipinski definition) is 1. The number of carbonyl (C=O) groups is 1. The lowest BCUT2D eigenvalue weighted by atomic mass is 10.0. The fourth-order valence-corrected chi connectivity index (χ4v) is 3.64. The van der Waals surface area contributed by atoms with E-state index in [0.29, 0.717) is 13.2 Å². The van der Waals surface area contributed by atoms with Crippen molar-refractivity contribution in [1.29, 1.82) is 0 Å². The molecule has 4 rings (SSSR count). The zero-order valence-corrected chi connectivity index (χ0v) is 17.2. The number of hydrogen-bond acceptors (Lipinski definition) is 6. The Morgan fingerprint density at radius 3 is 2.35 bits per heavy atom. The Morgan fingerprint density at radius 2 is 1.68 bits per heavy atom. The van der Waals surface area contributed by atoms with Gasteiger partial charge in [-0.15, -0.1) is 0 Å². The van der Waals surface area contributed by atoms with Crippen molar-refractivity contribution in [3.05, 3.63) is 66.9 Å². The van der Waals surface area contributed by atoms with Gasteiger partial charge in [0.1, 0.15) is 12.4 Å². The molecule has 1 unspecified atom stereocenters. The number of nitrogens with zero attached hydrogens (tertiary/aromatic N) is 3. The van der Waals surface area contributed by atoms with Gasteiger partial charge in [-0.3, -0.25) is 4.98 Å². The predicted molar refractivity (Wildman–Crippen MR) is 118 cm³/mol. The van der Waals surface area contributed by atoms with Crippen molar-refractivity contribution in [2.75, 3.05) is 37.8 Å². The molecule has 7 nitrogen and oxygen atoms in total. The maximum Gasteiger partial charge on any atom is 0.329 e. The lowest BCUT2D eigenvalue weighted by Gasteiger charge is -2.19. The SMILES string of the molecule is O=C(O)COCCOC1CCN(c2cnc(-c3ccccc3)c(-c3ccccc3)n2)C1. The van der Waals surface area contributed by atoms with Gasteiger partial charge in [-0.2, -0.15) is 0 Å². The molecule has 7 heteroatoms. The van der Waals surface area contributed by atoms with Gasteiger partial charge in [0.15, 0.2) is 0 Å². The van der Waals surface area contributed by atoms with Crippen LogP contribution in [0.15, 0.2) is 66.9 Å². The Morgan fingerprint density at radius 1 is 1.00 bits per heavy atom. The van der Waals surface area contributed by atoms with E-state index in [1.54, 1.807) is 0 Å². The summed E-state index contributed by atoms with van der Waals surface area (Å²) in [4.78, 5) is 22.4. The number of benzene rings is 2. The van der Waals surface area contributed by atoms with E-state index >= 15 is 0 Å². The van der Waals surface area contributed by atoms with Crippen molar-refractivity contribution in [1.82, 2.24) is 9.97 Å². The average Bonchev–Trinajstić information content (AvgIpc) is 3.28. The highest BCUT2D eigenvalue weighted by molar-refractivity contribution is 5.78. The topological polar surface area (TPSA) is 84.8 Å². The number of aromatic nitrogens is 2. The van der Waals surface area contributed by atoms with Crippen molar-refractivity contribution in [3.63, 3.8) is 0 Å². The summed E-state index contributed by atoms with van der Waals surface area (Å²) in [6.45, 7) is 1.89. The summed E-state index contributed by atoms with van der Waals surface area (Å²) < 4.78 is 10.9. The first kappa shape index (κ1) is 21.0. The molecule has 0 radical (unpaired) electrons. The van der Waals surface area contributed by atoms with E-state index in [9.17, 15) is 4.79 Å². The summed E-state index contributed by atoms with van der Waals surface area (Å²) >= 11 is 0. The normalized spacial score (nSPS) is 15.9. The molecule has 1 aliphatic rings. The van der Waals surface area contributed by atoms with E-state index in [1.807, 2.05) is 66.9 Å². The second-order valence-electron chi connectivity index (χ2n) is 7.33. The molecular formula is C24H25N3O4. The smallest absolute Gasteiger partial charge is 0.329 e. The molecule has 1 aromatic heterocycles. The lowest BCUT2D eigenvalue weighted by Crippen LogP contribution is -2.25. The first-order valence-corrected chi connectivity index (χ1v) is 10.3. The number of aliphatic carboxylic acids is 1. The summed E-state index contributed by atoms with van der Waals surface area (Å²) in [6, 6.07) is 20.2. The second kappa shape index (κ2) is 10.1. The second-order valence-corrected chi connectivity index (χ2v) is 7.33. The van der Waals surface area contributed by atoms with Gasteiger partial charge in [0.05, 0.1) is 36.9 Å². The van der Waals surface area contributed by atoms with E-state index in [4.69, 9.17) is 24.5 Å². The standard InChI is InChI=1S/C24H25N3O4/c28-22(29)17-30-13-14-31-20-11-12-27(16-20)21-15-25-23(18-7-3-1-4-8-18)24(26-21)19-9-5-2-6-10-19/h1-10,15,20H,11-14,16-17H2,(H,28,29). The molecule has 1 atom stereocenters. The Kier molecular flexibility index (Phi) is 6.86. The number of anilines is 1. The Bertz CT molecular complexity index is 998. The summed E-state index contributed by atoms with van der Waals surface area (Å²) in [6.07, 6.45) is 2.76. The molecule has 0 aliphatic carbocycles. The van der Waals surface area contributed by atoms with Crippen molar-refractivity contribution >= 4 is 11.8 Å². The molecule has 0 saturated carbocycles. The Hall–Kier alpha value is -3.29. The van der Waals surface area contributed by atoms with Crippen LogP contribution in [-0.2, 0) is 14.3 Å². The van der Waals surface area contributed by atoms with Crippen LogP contribution in [0.4, 0.5) is 5.82 Å². The number of carboxylic acid groups (broad SMARTS) is 1. The third-order valence-electron chi connectivity index (χ3n) is 5.13. The highest BCUT2D eigenvalue weighted by Crippen LogP contribution is 2.31. The molecule has 1 N–H and O–H groups in total. The Labute approximate surface area is 181 Å². The highest BCUT2D eigenvalue weighted by Gasteiger charge is 2.25.